The quantitative estimate of drug-likeness (QED) is 0.732. The maximum absolute atomic E-state index is 4.39. The summed E-state index contributed by atoms with van der Waals surface area (Å²) >= 11 is 0. The number of aryl methyl sites for hydroxylation is 2. The minimum Gasteiger partial charge on any atom is -0.313 e. The number of aromatic nitrogens is 2. The van der Waals surface area contributed by atoms with Crippen LogP contribution in [0.25, 0.3) is 0 Å². The molecule has 1 N–H and O–H groups in total. The van der Waals surface area contributed by atoms with Crippen molar-refractivity contribution < 1.29 is 0 Å². The number of likely N-dealkylation sites (N-methyl/N-ethyl adjacent to an activating group) is 1. The first-order valence-electron chi connectivity index (χ1n) is 4.89. The third kappa shape index (κ3) is 2.04. The van der Waals surface area contributed by atoms with Crippen LogP contribution in [0.4, 0.5) is 0 Å². The van der Waals surface area contributed by atoms with Crippen molar-refractivity contribution in [2.45, 2.75) is 26.3 Å². The molecule has 1 unspecified atom stereocenters. The van der Waals surface area contributed by atoms with Crippen molar-refractivity contribution >= 4 is 0 Å². The maximum Gasteiger partial charge on any atom is 0.0629 e. The van der Waals surface area contributed by atoms with Gasteiger partial charge in [0.2, 0.25) is 0 Å². The van der Waals surface area contributed by atoms with E-state index >= 15 is 0 Å². The van der Waals surface area contributed by atoms with Gasteiger partial charge in [0, 0.05) is 18.8 Å². The van der Waals surface area contributed by atoms with Crippen molar-refractivity contribution in [3.63, 3.8) is 0 Å². The summed E-state index contributed by atoms with van der Waals surface area (Å²) in [4.78, 5) is 0. The van der Waals surface area contributed by atoms with Crippen molar-refractivity contribution in [2.24, 2.45) is 7.05 Å². The van der Waals surface area contributed by atoms with E-state index in [0.29, 0.717) is 6.04 Å². The van der Waals surface area contributed by atoms with Gasteiger partial charge in [-0.1, -0.05) is 6.08 Å². The van der Waals surface area contributed by atoms with Gasteiger partial charge in [0.05, 0.1) is 5.69 Å². The molecule has 0 saturated heterocycles. The molecule has 1 heterocycles. The summed E-state index contributed by atoms with van der Waals surface area (Å²) in [5.74, 6) is 0. The zero-order valence-corrected chi connectivity index (χ0v) is 9.46. The van der Waals surface area contributed by atoms with Crippen LogP contribution < -0.4 is 5.32 Å². The summed E-state index contributed by atoms with van der Waals surface area (Å²) in [5, 5.41) is 7.60. The second-order valence-corrected chi connectivity index (χ2v) is 3.61. The van der Waals surface area contributed by atoms with Crippen molar-refractivity contribution in [2.75, 3.05) is 7.05 Å². The van der Waals surface area contributed by atoms with Crippen LogP contribution >= 0.6 is 0 Å². The SMILES string of the molecule is C=CC(Cc1c(C)nn(C)c1C)NC. The highest BCUT2D eigenvalue weighted by atomic mass is 15.3. The molecule has 0 radical (unpaired) electrons. The van der Waals surface area contributed by atoms with E-state index in [2.05, 4.69) is 30.8 Å². The van der Waals surface area contributed by atoms with Crippen LogP contribution in [0.15, 0.2) is 12.7 Å². The predicted molar refractivity (Wildman–Crippen MR) is 59.4 cm³/mol. The molecule has 0 aliphatic carbocycles. The molecule has 0 spiro atoms. The average molecular weight is 193 g/mol. The van der Waals surface area contributed by atoms with Gasteiger partial charge in [0.1, 0.15) is 0 Å². The van der Waals surface area contributed by atoms with Gasteiger partial charge in [-0.05, 0) is 32.9 Å². The highest BCUT2D eigenvalue weighted by Crippen LogP contribution is 2.14. The van der Waals surface area contributed by atoms with Crippen molar-refractivity contribution in [3.8, 4) is 0 Å². The summed E-state index contributed by atoms with van der Waals surface area (Å²) in [6.07, 6.45) is 2.90. The molecule has 1 rings (SSSR count). The number of rotatable bonds is 4. The number of nitrogens with one attached hydrogen (secondary N) is 1. The molecule has 3 nitrogen and oxygen atoms in total. The fraction of sp³-hybridized carbons (Fsp3) is 0.545. The van der Waals surface area contributed by atoms with Gasteiger partial charge in [-0.3, -0.25) is 4.68 Å². The molecule has 0 fully saturated rings. The van der Waals surface area contributed by atoms with Crippen LogP contribution in [-0.2, 0) is 13.5 Å². The van der Waals surface area contributed by atoms with E-state index in [0.717, 1.165) is 12.1 Å². The molecule has 3 heteroatoms. The number of nitrogens with zero attached hydrogens (tertiary/aromatic N) is 2. The Balaban J connectivity index is 2.90. The molecule has 0 bridgehead atoms. The van der Waals surface area contributed by atoms with Gasteiger partial charge < -0.3 is 5.32 Å². The Morgan fingerprint density at radius 1 is 1.57 bits per heavy atom. The van der Waals surface area contributed by atoms with Crippen LogP contribution in [0.3, 0.4) is 0 Å². The lowest BCUT2D eigenvalue weighted by molar-refractivity contribution is 0.660. The lowest BCUT2D eigenvalue weighted by atomic mass is 10.0. The molecule has 1 aromatic heterocycles. The van der Waals surface area contributed by atoms with Gasteiger partial charge >= 0.3 is 0 Å². The van der Waals surface area contributed by atoms with Crippen molar-refractivity contribution in [1.82, 2.24) is 15.1 Å². The van der Waals surface area contributed by atoms with Crippen LogP contribution in [0.1, 0.15) is 17.0 Å². The number of hydrogen-bond acceptors (Lipinski definition) is 2. The van der Waals surface area contributed by atoms with E-state index < -0.39 is 0 Å². The third-order valence-electron chi connectivity index (χ3n) is 2.74. The molecule has 0 aliphatic heterocycles. The smallest absolute Gasteiger partial charge is 0.0629 e. The minimum absolute atomic E-state index is 0.330. The molecular weight excluding hydrogens is 174 g/mol. The lowest BCUT2D eigenvalue weighted by Crippen LogP contribution is -2.25. The predicted octanol–water partition coefficient (Wildman–Crippen LogP) is 1.35. The Morgan fingerprint density at radius 2 is 2.21 bits per heavy atom. The molecule has 0 aromatic carbocycles. The van der Waals surface area contributed by atoms with E-state index in [1.54, 1.807) is 0 Å². The van der Waals surface area contributed by atoms with Gasteiger partial charge in [0.25, 0.3) is 0 Å². The molecular formula is C11H19N3. The minimum atomic E-state index is 0.330. The van der Waals surface area contributed by atoms with Crippen LogP contribution in [0, 0.1) is 13.8 Å². The summed E-state index contributed by atoms with van der Waals surface area (Å²) < 4.78 is 1.93. The second kappa shape index (κ2) is 4.42. The summed E-state index contributed by atoms with van der Waals surface area (Å²) in [6, 6.07) is 0.330. The second-order valence-electron chi connectivity index (χ2n) is 3.61. The van der Waals surface area contributed by atoms with E-state index in [1.165, 1.54) is 11.3 Å². The molecule has 14 heavy (non-hydrogen) atoms. The molecule has 0 saturated carbocycles. The molecule has 1 atom stereocenters. The van der Waals surface area contributed by atoms with Gasteiger partial charge in [-0.2, -0.15) is 5.10 Å². The first-order valence-corrected chi connectivity index (χ1v) is 4.89. The Hall–Kier alpha value is -1.09. The molecule has 0 aliphatic rings. The third-order valence-corrected chi connectivity index (χ3v) is 2.74. The highest BCUT2D eigenvalue weighted by Gasteiger charge is 2.12. The largest absolute Gasteiger partial charge is 0.313 e. The summed E-state index contributed by atoms with van der Waals surface area (Å²) in [5.41, 5.74) is 3.68. The summed E-state index contributed by atoms with van der Waals surface area (Å²) in [6.45, 7) is 7.96. The Labute approximate surface area is 85.8 Å². The van der Waals surface area contributed by atoms with Crippen LogP contribution in [0.2, 0.25) is 0 Å². The normalized spacial score (nSPS) is 12.9. The summed E-state index contributed by atoms with van der Waals surface area (Å²) in [7, 11) is 3.93. The Kier molecular flexibility index (Phi) is 3.47. The van der Waals surface area contributed by atoms with Gasteiger partial charge in [-0.15, -0.1) is 6.58 Å². The Bertz CT molecular complexity index is 326. The van der Waals surface area contributed by atoms with E-state index in [1.807, 2.05) is 24.9 Å². The van der Waals surface area contributed by atoms with Crippen LogP contribution in [0.5, 0.6) is 0 Å². The zero-order chi connectivity index (χ0) is 10.7. The van der Waals surface area contributed by atoms with Crippen molar-refractivity contribution in [3.05, 3.63) is 29.6 Å². The van der Waals surface area contributed by atoms with E-state index in [9.17, 15) is 0 Å². The van der Waals surface area contributed by atoms with E-state index in [-0.39, 0.29) is 0 Å². The van der Waals surface area contributed by atoms with Gasteiger partial charge in [-0.25, -0.2) is 0 Å². The standard InChI is InChI=1S/C11H19N3/c1-6-10(12-4)7-11-8(2)13-14(5)9(11)3/h6,10,12H,1,7H2,2-5H3. The van der Waals surface area contributed by atoms with Crippen LogP contribution in [-0.4, -0.2) is 22.9 Å². The Morgan fingerprint density at radius 3 is 2.57 bits per heavy atom. The first-order chi connectivity index (χ1) is 6.60. The highest BCUT2D eigenvalue weighted by molar-refractivity contribution is 5.26. The van der Waals surface area contributed by atoms with Gasteiger partial charge in [0.15, 0.2) is 0 Å². The molecule has 0 amide bonds. The maximum atomic E-state index is 4.39. The average Bonchev–Trinajstić information content (AvgIpc) is 2.40. The first kappa shape index (κ1) is 11.0. The monoisotopic (exact) mass is 193 g/mol. The zero-order valence-electron chi connectivity index (χ0n) is 9.46. The molecule has 78 valence electrons. The fourth-order valence-electron chi connectivity index (χ4n) is 1.64. The topological polar surface area (TPSA) is 29.9 Å². The molecule has 1 aromatic rings. The van der Waals surface area contributed by atoms with Crippen molar-refractivity contribution in [1.29, 1.82) is 0 Å². The fourth-order valence-corrected chi connectivity index (χ4v) is 1.64. The lowest BCUT2D eigenvalue weighted by Gasteiger charge is -2.11. The number of hydrogen-bond donors (Lipinski definition) is 1. The van der Waals surface area contributed by atoms with E-state index in [4.69, 9.17) is 0 Å².